The van der Waals surface area contributed by atoms with E-state index in [1.54, 1.807) is 4.90 Å². The quantitative estimate of drug-likeness (QED) is 0.884. The van der Waals surface area contributed by atoms with Crippen LogP contribution in [0.5, 0.6) is 0 Å². The summed E-state index contributed by atoms with van der Waals surface area (Å²) in [7, 11) is 0. The minimum absolute atomic E-state index is 0.172. The lowest BCUT2D eigenvalue weighted by Gasteiger charge is -2.22. The van der Waals surface area contributed by atoms with Crippen molar-refractivity contribution in [2.75, 3.05) is 19.6 Å². The van der Waals surface area contributed by atoms with Crippen LogP contribution in [0.3, 0.4) is 0 Å². The van der Waals surface area contributed by atoms with Crippen LogP contribution in [0.4, 0.5) is 4.79 Å². The van der Waals surface area contributed by atoms with E-state index >= 15 is 0 Å². The second kappa shape index (κ2) is 6.84. The Kier molecular flexibility index (Phi) is 4.40. The maximum absolute atomic E-state index is 12.4. The molecule has 0 spiro atoms. The van der Waals surface area contributed by atoms with Gasteiger partial charge in [-0.1, -0.05) is 29.4 Å². The molecule has 1 atom stereocenters. The molecule has 0 radical (unpaired) electrons. The summed E-state index contributed by atoms with van der Waals surface area (Å²) in [6, 6.07) is 7.63. The summed E-state index contributed by atoms with van der Waals surface area (Å²) < 4.78 is 5.21. The van der Waals surface area contributed by atoms with Crippen LogP contribution in [-0.4, -0.2) is 45.8 Å². The Bertz CT molecular complexity index is 756. The van der Waals surface area contributed by atoms with Gasteiger partial charge in [0.15, 0.2) is 5.82 Å². The van der Waals surface area contributed by atoms with E-state index in [4.69, 9.17) is 4.52 Å². The van der Waals surface area contributed by atoms with Gasteiger partial charge in [0.05, 0.1) is 12.6 Å². The van der Waals surface area contributed by atoms with Crippen LogP contribution in [0.25, 0.3) is 0 Å². The van der Waals surface area contributed by atoms with Gasteiger partial charge in [-0.05, 0) is 30.4 Å². The zero-order valence-electron chi connectivity index (χ0n) is 14.0. The SMILES string of the molecule is O=C(NCCc1nc(C2CC2)no1)N1CCc2ccccc2C(O)C1. The van der Waals surface area contributed by atoms with Crippen molar-refractivity contribution in [3.63, 3.8) is 0 Å². The number of fused-ring (bicyclic) bond motifs is 1. The molecule has 1 saturated carbocycles. The first kappa shape index (κ1) is 16.1. The molecule has 1 aliphatic heterocycles. The molecule has 1 unspecified atom stereocenters. The summed E-state index contributed by atoms with van der Waals surface area (Å²) in [6.07, 6.45) is 2.88. The van der Waals surface area contributed by atoms with E-state index in [-0.39, 0.29) is 6.03 Å². The van der Waals surface area contributed by atoms with Gasteiger partial charge >= 0.3 is 6.03 Å². The first-order valence-electron chi connectivity index (χ1n) is 8.82. The second-order valence-electron chi connectivity index (χ2n) is 6.71. The van der Waals surface area contributed by atoms with E-state index in [0.29, 0.717) is 37.9 Å². The van der Waals surface area contributed by atoms with Crippen LogP contribution >= 0.6 is 0 Å². The highest BCUT2D eigenvalue weighted by Gasteiger charge is 2.29. The average molecular weight is 342 g/mol. The van der Waals surface area contributed by atoms with Crippen molar-refractivity contribution in [2.24, 2.45) is 0 Å². The number of carbonyl (C=O) groups excluding carboxylic acids is 1. The van der Waals surface area contributed by atoms with Gasteiger partial charge in [0.1, 0.15) is 0 Å². The van der Waals surface area contributed by atoms with Crippen LogP contribution in [0.1, 0.15) is 47.7 Å². The first-order chi connectivity index (χ1) is 12.2. The molecule has 2 aromatic rings. The van der Waals surface area contributed by atoms with Crippen molar-refractivity contribution in [1.29, 1.82) is 0 Å². The first-order valence-corrected chi connectivity index (χ1v) is 8.82. The summed E-state index contributed by atoms with van der Waals surface area (Å²) in [6.45, 7) is 1.33. The van der Waals surface area contributed by atoms with E-state index in [9.17, 15) is 9.90 Å². The number of nitrogens with zero attached hydrogens (tertiary/aromatic N) is 3. The highest BCUT2D eigenvalue weighted by atomic mass is 16.5. The fraction of sp³-hybridized carbons (Fsp3) is 0.500. The molecule has 2 aliphatic rings. The van der Waals surface area contributed by atoms with E-state index in [0.717, 1.165) is 36.2 Å². The molecule has 2 amide bonds. The smallest absolute Gasteiger partial charge is 0.317 e. The maximum Gasteiger partial charge on any atom is 0.317 e. The Hall–Kier alpha value is -2.41. The van der Waals surface area contributed by atoms with E-state index in [1.807, 2.05) is 24.3 Å². The number of β-amino-alcohol motifs (C(OH)–C–C–N with tert-alkyl or cyclic N) is 1. The lowest BCUT2D eigenvalue weighted by Crippen LogP contribution is -2.42. The van der Waals surface area contributed by atoms with Crippen LogP contribution in [0.2, 0.25) is 0 Å². The summed E-state index contributed by atoms with van der Waals surface area (Å²) >= 11 is 0. The summed E-state index contributed by atoms with van der Waals surface area (Å²) in [5.74, 6) is 1.81. The van der Waals surface area contributed by atoms with Crippen molar-refractivity contribution >= 4 is 6.03 Å². The fourth-order valence-electron chi connectivity index (χ4n) is 3.19. The molecule has 7 nitrogen and oxygen atoms in total. The molecule has 25 heavy (non-hydrogen) atoms. The predicted molar refractivity (Wildman–Crippen MR) is 90.1 cm³/mol. The zero-order valence-corrected chi connectivity index (χ0v) is 14.0. The van der Waals surface area contributed by atoms with Crippen molar-refractivity contribution in [1.82, 2.24) is 20.4 Å². The topological polar surface area (TPSA) is 91.5 Å². The number of carbonyl (C=O) groups is 1. The second-order valence-corrected chi connectivity index (χ2v) is 6.71. The van der Waals surface area contributed by atoms with Gasteiger partial charge in [0.2, 0.25) is 5.89 Å². The van der Waals surface area contributed by atoms with Crippen LogP contribution in [-0.2, 0) is 12.8 Å². The van der Waals surface area contributed by atoms with Crippen LogP contribution < -0.4 is 5.32 Å². The molecule has 1 aromatic heterocycles. The van der Waals surface area contributed by atoms with Gasteiger partial charge in [0, 0.05) is 25.4 Å². The number of aromatic nitrogens is 2. The van der Waals surface area contributed by atoms with Gasteiger partial charge in [0.25, 0.3) is 0 Å². The normalized spacial score (nSPS) is 20.0. The largest absolute Gasteiger partial charge is 0.387 e. The highest BCUT2D eigenvalue weighted by Crippen LogP contribution is 2.38. The number of hydrogen-bond acceptors (Lipinski definition) is 5. The molecule has 0 saturated heterocycles. The Morgan fingerprint density at radius 1 is 1.36 bits per heavy atom. The van der Waals surface area contributed by atoms with Gasteiger partial charge in [-0.25, -0.2) is 4.79 Å². The van der Waals surface area contributed by atoms with Crippen LogP contribution in [0, 0.1) is 0 Å². The average Bonchev–Trinajstić information content (AvgIpc) is 3.39. The third-order valence-electron chi connectivity index (χ3n) is 4.79. The Balaban J connectivity index is 1.29. The molecule has 2 heterocycles. The molecule has 7 heteroatoms. The highest BCUT2D eigenvalue weighted by molar-refractivity contribution is 5.74. The number of hydrogen-bond donors (Lipinski definition) is 2. The van der Waals surface area contributed by atoms with Crippen molar-refractivity contribution in [2.45, 2.75) is 37.7 Å². The zero-order chi connectivity index (χ0) is 17.2. The third-order valence-corrected chi connectivity index (χ3v) is 4.79. The van der Waals surface area contributed by atoms with E-state index < -0.39 is 6.10 Å². The maximum atomic E-state index is 12.4. The number of aliphatic hydroxyl groups is 1. The lowest BCUT2D eigenvalue weighted by atomic mass is 10.0. The van der Waals surface area contributed by atoms with Crippen molar-refractivity contribution < 1.29 is 14.4 Å². The Labute approximate surface area is 146 Å². The molecule has 0 bridgehead atoms. The lowest BCUT2D eigenvalue weighted by molar-refractivity contribution is 0.127. The number of benzene rings is 1. The number of urea groups is 1. The predicted octanol–water partition coefficient (Wildman–Crippen LogP) is 1.79. The van der Waals surface area contributed by atoms with Gasteiger partial charge < -0.3 is 19.8 Å². The number of amides is 2. The minimum Gasteiger partial charge on any atom is -0.387 e. The van der Waals surface area contributed by atoms with E-state index in [1.165, 1.54) is 0 Å². The summed E-state index contributed by atoms with van der Waals surface area (Å²) in [5, 5.41) is 17.2. The molecule has 2 N–H and O–H groups in total. The fourth-order valence-corrected chi connectivity index (χ4v) is 3.19. The molecule has 1 aliphatic carbocycles. The molecule has 1 fully saturated rings. The standard InChI is InChI=1S/C18H22N4O3/c23-15-11-22(10-8-12-3-1-2-4-14(12)15)18(24)19-9-7-16-20-17(21-25-16)13-5-6-13/h1-4,13,15,23H,5-11H2,(H,19,24). The number of aliphatic hydroxyl groups excluding tert-OH is 1. The van der Waals surface area contributed by atoms with Crippen molar-refractivity contribution in [3.8, 4) is 0 Å². The van der Waals surface area contributed by atoms with Crippen molar-refractivity contribution in [3.05, 3.63) is 47.1 Å². The summed E-state index contributed by atoms with van der Waals surface area (Å²) in [4.78, 5) is 18.4. The van der Waals surface area contributed by atoms with Gasteiger partial charge in [-0.3, -0.25) is 0 Å². The molecular weight excluding hydrogens is 320 g/mol. The monoisotopic (exact) mass is 342 g/mol. The molecular formula is C18H22N4O3. The Morgan fingerprint density at radius 2 is 2.20 bits per heavy atom. The minimum atomic E-state index is -0.651. The summed E-state index contributed by atoms with van der Waals surface area (Å²) in [5.41, 5.74) is 2.01. The number of nitrogens with one attached hydrogen (secondary N) is 1. The molecule has 1 aromatic carbocycles. The Morgan fingerprint density at radius 3 is 3.04 bits per heavy atom. The van der Waals surface area contributed by atoms with Gasteiger partial charge in [-0.2, -0.15) is 4.98 Å². The molecule has 132 valence electrons. The third kappa shape index (κ3) is 3.66. The van der Waals surface area contributed by atoms with Gasteiger partial charge in [-0.15, -0.1) is 0 Å². The number of rotatable bonds is 4. The van der Waals surface area contributed by atoms with E-state index in [2.05, 4.69) is 15.5 Å². The van der Waals surface area contributed by atoms with Crippen LogP contribution in [0.15, 0.2) is 28.8 Å². The molecule has 4 rings (SSSR count).